The van der Waals surface area contributed by atoms with E-state index in [9.17, 15) is 4.79 Å². The van der Waals surface area contributed by atoms with E-state index in [1.807, 2.05) is 0 Å². The normalized spacial score (nSPS) is 43.3. The lowest BCUT2D eigenvalue weighted by molar-refractivity contribution is -0.145. The van der Waals surface area contributed by atoms with E-state index in [4.69, 9.17) is 5.73 Å². The average Bonchev–Trinajstić information content (AvgIpc) is 2.04. The van der Waals surface area contributed by atoms with Crippen LogP contribution >= 0.6 is 0 Å². The van der Waals surface area contributed by atoms with Crippen LogP contribution in [0.2, 0.25) is 0 Å². The summed E-state index contributed by atoms with van der Waals surface area (Å²) in [6.45, 7) is 4.56. The third-order valence-corrected chi connectivity index (χ3v) is 4.22. The van der Waals surface area contributed by atoms with Crippen molar-refractivity contribution in [1.82, 2.24) is 0 Å². The number of rotatable bonds is 1. The van der Waals surface area contributed by atoms with E-state index in [-0.39, 0.29) is 11.8 Å². The zero-order chi connectivity index (χ0) is 8.93. The van der Waals surface area contributed by atoms with Crippen LogP contribution in [0.4, 0.5) is 0 Å². The van der Waals surface area contributed by atoms with Crippen molar-refractivity contribution < 1.29 is 4.79 Å². The summed E-state index contributed by atoms with van der Waals surface area (Å²) in [5, 5.41) is 0. The Morgan fingerprint density at radius 1 is 1.42 bits per heavy atom. The summed E-state index contributed by atoms with van der Waals surface area (Å²) in [5.41, 5.74) is 5.75. The first-order valence-corrected chi connectivity index (χ1v) is 4.83. The van der Waals surface area contributed by atoms with Gasteiger partial charge in [0.1, 0.15) is 0 Å². The second kappa shape index (κ2) is 2.24. The van der Waals surface area contributed by atoms with Crippen molar-refractivity contribution in [2.45, 2.75) is 33.1 Å². The molecule has 2 bridgehead atoms. The SMILES string of the molecule is CC1(C)[C@H]2CC[C@H](C(N)=O)[C@@H]1C2. The third-order valence-electron chi connectivity index (χ3n) is 4.22. The van der Waals surface area contributed by atoms with E-state index in [1.54, 1.807) is 0 Å². The number of carbonyl (C=O) groups is 1. The molecule has 3 rings (SSSR count). The zero-order valence-electron chi connectivity index (χ0n) is 7.84. The molecular formula is C10H17NO. The molecule has 3 atom stereocenters. The highest BCUT2D eigenvalue weighted by atomic mass is 16.1. The maximum atomic E-state index is 11.1. The first kappa shape index (κ1) is 8.09. The molecule has 2 heteroatoms. The van der Waals surface area contributed by atoms with Gasteiger partial charge in [0.05, 0.1) is 0 Å². The monoisotopic (exact) mass is 167 g/mol. The van der Waals surface area contributed by atoms with Crippen LogP contribution in [0.5, 0.6) is 0 Å². The van der Waals surface area contributed by atoms with Gasteiger partial charge in [-0.3, -0.25) is 4.79 Å². The van der Waals surface area contributed by atoms with Gasteiger partial charge in [-0.1, -0.05) is 13.8 Å². The summed E-state index contributed by atoms with van der Waals surface area (Å²) in [5.74, 6) is 1.53. The van der Waals surface area contributed by atoms with E-state index < -0.39 is 0 Å². The van der Waals surface area contributed by atoms with Crippen molar-refractivity contribution in [2.75, 3.05) is 0 Å². The number of hydrogen-bond acceptors (Lipinski definition) is 1. The molecule has 0 radical (unpaired) electrons. The van der Waals surface area contributed by atoms with Gasteiger partial charge in [-0.15, -0.1) is 0 Å². The average molecular weight is 167 g/mol. The van der Waals surface area contributed by atoms with Crippen molar-refractivity contribution >= 4 is 5.91 Å². The summed E-state index contributed by atoms with van der Waals surface area (Å²) in [6.07, 6.45) is 3.48. The van der Waals surface area contributed by atoms with E-state index in [0.29, 0.717) is 11.3 Å². The van der Waals surface area contributed by atoms with Crippen LogP contribution in [0.1, 0.15) is 33.1 Å². The van der Waals surface area contributed by atoms with Gasteiger partial charge in [0.2, 0.25) is 5.91 Å². The number of amides is 1. The molecule has 0 heterocycles. The van der Waals surface area contributed by atoms with Gasteiger partial charge in [-0.2, -0.15) is 0 Å². The van der Waals surface area contributed by atoms with Crippen LogP contribution in [0.25, 0.3) is 0 Å². The van der Waals surface area contributed by atoms with Gasteiger partial charge < -0.3 is 5.73 Å². The highest BCUT2D eigenvalue weighted by molar-refractivity contribution is 5.77. The molecule has 0 unspecified atom stereocenters. The van der Waals surface area contributed by atoms with Crippen LogP contribution in [0.3, 0.4) is 0 Å². The van der Waals surface area contributed by atoms with Crippen molar-refractivity contribution in [3.8, 4) is 0 Å². The molecule has 3 aliphatic rings. The summed E-state index contributed by atoms with van der Waals surface area (Å²) in [6, 6.07) is 0. The summed E-state index contributed by atoms with van der Waals surface area (Å²) < 4.78 is 0. The van der Waals surface area contributed by atoms with E-state index in [2.05, 4.69) is 13.8 Å². The van der Waals surface area contributed by atoms with Gasteiger partial charge >= 0.3 is 0 Å². The maximum Gasteiger partial charge on any atom is 0.220 e. The quantitative estimate of drug-likeness (QED) is 0.632. The van der Waals surface area contributed by atoms with Gasteiger partial charge in [0.25, 0.3) is 0 Å². The third kappa shape index (κ3) is 0.838. The van der Waals surface area contributed by atoms with Crippen molar-refractivity contribution in [1.29, 1.82) is 0 Å². The Hall–Kier alpha value is -0.530. The lowest BCUT2D eigenvalue weighted by atomic mass is 9.45. The molecule has 2 nitrogen and oxygen atoms in total. The molecule has 0 aliphatic heterocycles. The highest BCUT2D eigenvalue weighted by Crippen LogP contribution is 2.61. The molecule has 3 fully saturated rings. The van der Waals surface area contributed by atoms with Crippen LogP contribution in [0, 0.1) is 23.2 Å². The number of nitrogens with two attached hydrogens (primary N) is 1. The molecule has 68 valence electrons. The van der Waals surface area contributed by atoms with Crippen molar-refractivity contribution in [3.63, 3.8) is 0 Å². The molecular weight excluding hydrogens is 150 g/mol. The molecule has 3 aliphatic carbocycles. The topological polar surface area (TPSA) is 43.1 Å². The van der Waals surface area contributed by atoms with E-state index in [1.165, 1.54) is 12.8 Å². The summed E-state index contributed by atoms with van der Waals surface area (Å²) in [4.78, 5) is 11.1. The predicted molar refractivity (Wildman–Crippen MR) is 47.3 cm³/mol. The molecule has 12 heavy (non-hydrogen) atoms. The molecule has 1 amide bonds. The Bertz CT molecular complexity index is 220. The predicted octanol–water partition coefficient (Wildman–Crippen LogP) is 1.54. The number of primary amides is 1. The maximum absolute atomic E-state index is 11.1. The fourth-order valence-electron chi connectivity index (χ4n) is 3.15. The minimum absolute atomic E-state index is 0.0776. The second-order valence-corrected chi connectivity index (χ2v) is 4.95. The zero-order valence-corrected chi connectivity index (χ0v) is 7.84. The summed E-state index contributed by atoms with van der Waals surface area (Å²) >= 11 is 0. The second-order valence-electron chi connectivity index (χ2n) is 4.95. The molecule has 0 aromatic rings. The van der Waals surface area contributed by atoms with Gasteiger partial charge in [0, 0.05) is 5.92 Å². The molecule has 0 aromatic carbocycles. The van der Waals surface area contributed by atoms with E-state index in [0.717, 1.165) is 12.3 Å². The molecule has 0 aromatic heterocycles. The molecule has 0 saturated heterocycles. The number of carbonyl (C=O) groups excluding carboxylic acids is 1. The van der Waals surface area contributed by atoms with Gasteiger partial charge in [-0.05, 0) is 36.5 Å². The fraction of sp³-hybridized carbons (Fsp3) is 0.900. The van der Waals surface area contributed by atoms with Crippen molar-refractivity contribution in [3.05, 3.63) is 0 Å². The lowest BCUT2D eigenvalue weighted by Gasteiger charge is -2.59. The van der Waals surface area contributed by atoms with Crippen LogP contribution in [0.15, 0.2) is 0 Å². The number of hydrogen-bond donors (Lipinski definition) is 1. The first-order valence-electron chi connectivity index (χ1n) is 4.83. The minimum atomic E-state index is -0.0776. The standard InChI is InChI=1S/C10H17NO/c1-10(2)6-3-4-7(9(11)12)8(10)5-6/h6-8H,3-5H2,1-2H3,(H2,11,12)/t6-,7-,8-/m0/s1. The lowest BCUT2D eigenvalue weighted by Crippen LogP contribution is -2.55. The Kier molecular flexibility index (Phi) is 1.51. The number of fused-ring (bicyclic) bond motifs is 2. The molecule has 0 spiro atoms. The van der Waals surface area contributed by atoms with E-state index >= 15 is 0 Å². The molecule has 2 N–H and O–H groups in total. The smallest absolute Gasteiger partial charge is 0.220 e. The Labute approximate surface area is 73.5 Å². The Morgan fingerprint density at radius 2 is 2.08 bits per heavy atom. The van der Waals surface area contributed by atoms with Gasteiger partial charge in [-0.25, -0.2) is 0 Å². The van der Waals surface area contributed by atoms with Crippen LogP contribution in [-0.4, -0.2) is 5.91 Å². The largest absolute Gasteiger partial charge is 0.369 e. The Morgan fingerprint density at radius 3 is 2.42 bits per heavy atom. The molecule has 3 saturated carbocycles. The Balaban J connectivity index is 2.16. The highest BCUT2D eigenvalue weighted by Gasteiger charge is 2.55. The van der Waals surface area contributed by atoms with Crippen molar-refractivity contribution in [2.24, 2.45) is 28.9 Å². The van der Waals surface area contributed by atoms with Gasteiger partial charge in [0.15, 0.2) is 0 Å². The first-order chi connectivity index (χ1) is 5.53. The fourth-order valence-corrected chi connectivity index (χ4v) is 3.15. The minimum Gasteiger partial charge on any atom is -0.369 e. The van der Waals surface area contributed by atoms with Crippen LogP contribution < -0.4 is 5.73 Å². The van der Waals surface area contributed by atoms with Crippen LogP contribution in [-0.2, 0) is 4.79 Å². The summed E-state index contributed by atoms with van der Waals surface area (Å²) in [7, 11) is 0.